The molecule has 1 aromatic carbocycles. The van der Waals surface area contributed by atoms with E-state index in [4.69, 9.17) is 4.52 Å². The Morgan fingerprint density at radius 2 is 2.09 bits per heavy atom. The average Bonchev–Trinajstić information content (AvgIpc) is 2.98. The third kappa shape index (κ3) is 4.81. The molecule has 0 saturated carbocycles. The van der Waals surface area contributed by atoms with Crippen molar-refractivity contribution in [1.82, 2.24) is 20.4 Å². The number of aryl methyl sites for hydroxylation is 1. The van der Waals surface area contributed by atoms with Crippen molar-refractivity contribution in [1.29, 1.82) is 0 Å². The summed E-state index contributed by atoms with van der Waals surface area (Å²) in [6.07, 6.45) is 0.531. The van der Waals surface area contributed by atoms with Gasteiger partial charge in [0, 0.05) is 32.5 Å². The zero-order chi connectivity index (χ0) is 16.8. The van der Waals surface area contributed by atoms with Crippen LogP contribution in [0.4, 0.5) is 4.79 Å². The predicted molar refractivity (Wildman–Crippen MR) is 88.1 cm³/mol. The molecular formula is C17H24N4O2. The molecule has 0 atom stereocenters. The zero-order valence-electron chi connectivity index (χ0n) is 14.2. The fourth-order valence-corrected chi connectivity index (χ4v) is 2.13. The minimum atomic E-state index is -0.114. The summed E-state index contributed by atoms with van der Waals surface area (Å²) < 4.78 is 5.15. The highest BCUT2D eigenvalue weighted by Gasteiger charge is 2.12. The second-order valence-electron chi connectivity index (χ2n) is 5.97. The highest BCUT2D eigenvalue weighted by Crippen LogP contribution is 2.10. The molecule has 0 radical (unpaired) electrons. The van der Waals surface area contributed by atoms with Gasteiger partial charge in [-0.15, -0.1) is 0 Å². The Morgan fingerprint density at radius 1 is 1.35 bits per heavy atom. The molecule has 1 aromatic heterocycles. The molecule has 6 heteroatoms. The Labute approximate surface area is 136 Å². The smallest absolute Gasteiger partial charge is 0.317 e. The van der Waals surface area contributed by atoms with Gasteiger partial charge in [-0.3, -0.25) is 0 Å². The molecule has 0 aliphatic carbocycles. The normalized spacial score (nSPS) is 10.8. The minimum absolute atomic E-state index is 0.114. The van der Waals surface area contributed by atoms with Crippen molar-refractivity contribution in [2.75, 3.05) is 13.6 Å². The van der Waals surface area contributed by atoms with Crippen LogP contribution in [-0.2, 0) is 13.0 Å². The molecule has 0 unspecified atom stereocenters. The first-order valence-corrected chi connectivity index (χ1v) is 7.83. The largest absolute Gasteiger partial charge is 0.339 e. The molecule has 1 heterocycles. The van der Waals surface area contributed by atoms with Crippen molar-refractivity contribution < 1.29 is 9.32 Å². The highest BCUT2D eigenvalue weighted by atomic mass is 16.5. The lowest BCUT2D eigenvalue weighted by atomic mass is 10.1. The van der Waals surface area contributed by atoms with E-state index in [0.29, 0.717) is 31.2 Å². The lowest BCUT2D eigenvalue weighted by Gasteiger charge is -2.18. The van der Waals surface area contributed by atoms with Gasteiger partial charge < -0.3 is 14.7 Å². The molecule has 23 heavy (non-hydrogen) atoms. The first-order chi connectivity index (χ1) is 11.0. The zero-order valence-corrected chi connectivity index (χ0v) is 14.2. The van der Waals surface area contributed by atoms with E-state index in [-0.39, 0.29) is 11.9 Å². The molecule has 1 N–H and O–H groups in total. The van der Waals surface area contributed by atoms with Crippen LogP contribution in [0.2, 0.25) is 0 Å². The van der Waals surface area contributed by atoms with Crippen LogP contribution in [0.25, 0.3) is 0 Å². The maximum absolute atomic E-state index is 12.1. The van der Waals surface area contributed by atoms with Crippen LogP contribution in [0.1, 0.15) is 42.6 Å². The number of nitrogens with zero attached hydrogens (tertiary/aromatic N) is 3. The van der Waals surface area contributed by atoms with E-state index in [2.05, 4.69) is 15.5 Å². The fourth-order valence-electron chi connectivity index (χ4n) is 2.13. The third-order valence-electron chi connectivity index (χ3n) is 3.63. The molecule has 0 bridgehead atoms. The van der Waals surface area contributed by atoms with Crippen LogP contribution in [-0.4, -0.2) is 34.7 Å². The Kier molecular flexibility index (Phi) is 5.73. The molecule has 2 rings (SSSR count). The summed E-state index contributed by atoms with van der Waals surface area (Å²) in [5, 5.41) is 6.77. The van der Waals surface area contributed by atoms with Crippen molar-refractivity contribution >= 4 is 6.03 Å². The number of benzene rings is 1. The molecule has 0 spiro atoms. The number of amides is 2. The maximum atomic E-state index is 12.1. The summed E-state index contributed by atoms with van der Waals surface area (Å²) in [4.78, 5) is 18.1. The Bertz CT molecular complexity index is 652. The summed E-state index contributed by atoms with van der Waals surface area (Å²) in [5.41, 5.74) is 2.32. The fraction of sp³-hybridized carbons (Fsp3) is 0.471. The van der Waals surface area contributed by atoms with Crippen molar-refractivity contribution in [2.24, 2.45) is 0 Å². The number of nitrogens with one attached hydrogen (secondary N) is 1. The lowest BCUT2D eigenvalue weighted by Crippen LogP contribution is -2.37. The number of rotatable bonds is 6. The number of hydrogen-bond donors (Lipinski definition) is 1. The monoisotopic (exact) mass is 316 g/mol. The van der Waals surface area contributed by atoms with Crippen LogP contribution >= 0.6 is 0 Å². The van der Waals surface area contributed by atoms with E-state index in [0.717, 1.165) is 5.56 Å². The Balaban J connectivity index is 1.78. The van der Waals surface area contributed by atoms with Crippen LogP contribution in [0, 0.1) is 6.92 Å². The van der Waals surface area contributed by atoms with Crippen LogP contribution in [0.3, 0.4) is 0 Å². The standard InChI is InChI=1S/C17H24N4O2/c1-12(2)16-19-15(23-20-16)9-10-18-17(22)21(4)11-14-8-6-5-7-13(14)3/h5-8,12H,9-11H2,1-4H3,(H,18,22). The van der Waals surface area contributed by atoms with E-state index in [1.165, 1.54) is 5.56 Å². The first kappa shape index (κ1) is 17.0. The summed E-state index contributed by atoms with van der Waals surface area (Å²) >= 11 is 0. The third-order valence-corrected chi connectivity index (χ3v) is 3.63. The van der Waals surface area contributed by atoms with Gasteiger partial charge in [0.25, 0.3) is 0 Å². The number of carbonyl (C=O) groups is 1. The minimum Gasteiger partial charge on any atom is -0.339 e. The SMILES string of the molecule is Cc1ccccc1CN(C)C(=O)NCCc1nc(C(C)C)no1. The second kappa shape index (κ2) is 7.76. The van der Waals surface area contributed by atoms with E-state index in [1.54, 1.807) is 11.9 Å². The summed E-state index contributed by atoms with van der Waals surface area (Å²) in [6, 6.07) is 7.94. The van der Waals surface area contributed by atoms with E-state index >= 15 is 0 Å². The van der Waals surface area contributed by atoms with Gasteiger partial charge in [-0.2, -0.15) is 4.98 Å². The Morgan fingerprint density at radius 3 is 2.74 bits per heavy atom. The lowest BCUT2D eigenvalue weighted by molar-refractivity contribution is 0.206. The second-order valence-corrected chi connectivity index (χ2v) is 5.97. The van der Waals surface area contributed by atoms with E-state index in [9.17, 15) is 4.79 Å². The molecular weight excluding hydrogens is 292 g/mol. The molecule has 0 saturated heterocycles. The van der Waals surface area contributed by atoms with Gasteiger partial charge in [0.2, 0.25) is 5.89 Å². The van der Waals surface area contributed by atoms with Gasteiger partial charge in [0.15, 0.2) is 5.82 Å². The number of carbonyl (C=O) groups excluding carboxylic acids is 1. The quantitative estimate of drug-likeness (QED) is 0.889. The first-order valence-electron chi connectivity index (χ1n) is 7.83. The molecule has 2 amide bonds. The molecule has 0 fully saturated rings. The number of aromatic nitrogens is 2. The summed E-state index contributed by atoms with van der Waals surface area (Å²) in [6.45, 7) is 7.12. The highest BCUT2D eigenvalue weighted by molar-refractivity contribution is 5.73. The van der Waals surface area contributed by atoms with Crippen molar-refractivity contribution in [3.63, 3.8) is 0 Å². The van der Waals surface area contributed by atoms with Crippen LogP contribution < -0.4 is 5.32 Å². The predicted octanol–water partition coefficient (Wildman–Crippen LogP) is 2.89. The van der Waals surface area contributed by atoms with E-state index in [1.807, 2.05) is 45.0 Å². The molecule has 124 valence electrons. The number of urea groups is 1. The van der Waals surface area contributed by atoms with Gasteiger partial charge in [-0.05, 0) is 18.1 Å². The topological polar surface area (TPSA) is 71.3 Å². The van der Waals surface area contributed by atoms with Crippen molar-refractivity contribution in [3.05, 3.63) is 47.1 Å². The average molecular weight is 316 g/mol. The maximum Gasteiger partial charge on any atom is 0.317 e. The Hall–Kier alpha value is -2.37. The van der Waals surface area contributed by atoms with E-state index < -0.39 is 0 Å². The van der Waals surface area contributed by atoms with Gasteiger partial charge >= 0.3 is 6.03 Å². The van der Waals surface area contributed by atoms with Gasteiger partial charge in [-0.25, -0.2) is 4.79 Å². The molecule has 0 aliphatic rings. The number of hydrogen-bond acceptors (Lipinski definition) is 4. The molecule has 2 aromatic rings. The van der Waals surface area contributed by atoms with Gasteiger partial charge in [-0.1, -0.05) is 43.3 Å². The molecule has 0 aliphatic heterocycles. The summed E-state index contributed by atoms with van der Waals surface area (Å²) in [5.74, 6) is 1.49. The van der Waals surface area contributed by atoms with Gasteiger partial charge in [0.05, 0.1) is 0 Å². The van der Waals surface area contributed by atoms with Crippen molar-refractivity contribution in [3.8, 4) is 0 Å². The summed E-state index contributed by atoms with van der Waals surface area (Å²) in [7, 11) is 1.78. The van der Waals surface area contributed by atoms with Crippen LogP contribution in [0.5, 0.6) is 0 Å². The van der Waals surface area contributed by atoms with Crippen LogP contribution in [0.15, 0.2) is 28.8 Å². The molecule has 6 nitrogen and oxygen atoms in total. The van der Waals surface area contributed by atoms with Crippen molar-refractivity contribution in [2.45, 2.75) is 39.7 Å². The van der Waals surface area contributed by atoms with Gasteiger partial charge in [0.1, 0.15) is 0 Å².